The molecule has 0 bridgehead atoms. The van der Waals surface area contributed by atoms with Gasteiger partial charge in [-0.3, -0.25) is 9.59 Å². The second kappa shape index (κ2) is 11.5. The number of thiophene rings is 1. The first-order valence-corrected chi connectivity index (χ1v) is 14.5. The van der Waals surface area contributed by atoms with Crippen molar-refractivity contribution in [2.45, 2.75) is 91.2 Å². The lowest BCUT2D eigenvalue weighted by atomic mass is 9.82. The molecular weight excluding hydrogens is 504 g/mol. The molecule has 0 aromatic carbocycles. The quantitative estimate of drug-likeness (QED) is 0.504. The van der Waals surface area contributed by atoms with Gasteiger partial charge in [0.15, 0.2) is 11.9 Å². The summed E-state index contributed by atoms with van der Waals surface area (Å²) < 4.78 is 5.48. The van der Waals surface area contributed by atoms with Crippen molar-refractivity contribution in [2.75, 3.05) is 18.0 Å². The molecule has 0 spiro atoms. The Bertz CT molecular complexity index is 1150. The molecular formula is C29H38N2O6S. The van der Waals surface area contributed by atoms with Gasteiger partial charge in [-0.15, -0.1) is 11.3 Å². The van der Waals surface area contributed by atoms with Crippen LogP contribution in [-0.4, -0.2) is 59.0 Å². The number of carboxylic acid groups (broad SMARTS) is 1. The van der Waals surface area contributed by atoms with Crippen LogP contribution in [0.3, 0.4) is 0 Å². The van der Waals surface area contributed by atoms with Crippen LogP contribution in [0.1, 0.15) is 93.6 Å². The van der Waals surface area contributed by atoms with Crippen molar-refractivity contribution in [1.82, 2.24) is 4.90 Å². The summed E-state index contributed by atoms with van der Waals surface area (Å²) in [6.07, 6.45) is 4.40. The monoisotopic (exact) mass is 542 g/mol. The molecule has 2 atom stereocenters. The van der Waals surface area contributed by atoms with Crippen LogP contribution in [0.2, 0.25) is 0 Å². The molecule has 9 heteroatoms. The molecule has 0 radical (unpaired) electrons. The van der Waals surface area contributed by atoms with E-state index >= 15 is 0 Å². The third kappa shape index (κ3) is 6.58. The van der Waals surface area contributed by atoms with E-state index in [0.29, 0.717) is 42.3 Å². The summed E-state index contributed by atoms with van der Waals surface area (Å²) in [5.74, 6) is 5.39. The van der Waals surface area contributed by atoms with Crippen molar-refractivity contribution >= 4 is 40.8 Å². The number of amides is 2. The van der Waals surface area contributed by atoms with Crippen LogP contribution >= 0.6 is 11.3 Å². The van der Waals surface area contributed by atoms with E-state index in [1.807, 2.05) is 20.8 Å². The molecule has 0 unspecified atom stereocenters. The zero-order valence-corrected chi connectivity index (χ0v) is 23.6. The number of hydrogen-bond donors (Lipinski definition) is 1. The Morgan fingerprint density at radius 1 is 1.13 bits per heavy atom. The van der Waals surface area contributed by atoms with Gasteiger partial charge in [-0.05, 0) is 77.7 Å². The van der Waals surface area contributed by atoms with Crippen molar-refractivity contribution in [3.63, 3.8) is 0 Å². The summed E-state index contributed by atoms with van der Waals surface area (Å²) in [6, 6.07) is 1.33. The van der Waals surface area contributed by atoms with E-state index in [1.54, 1.807) is 11.0 Å². The van der Waals surface area contributed by atoms with Gasteiger partial charge in [-0.1, -0.05) is 18.8 Å². The number of rotatable bonds is 5. The molecule has 1 aromatic heterocycles. The van der Waals surface area contributed by atoms with Crippen molar-refractivity contribution in [3.05, 3.63) is 15.8 Å². The van der Waals surface area contributed by atoms with Crippen LogP contribution in [0.25, 0.3) is 0 Å². The van der Waals surface area contributed by atoms with Gasteiger partial charge in [0.2, 0.25) is 5.91 Å². The van der Waals surface area contributed by atoms with Crippen LogP contribution in [0.5, 0.6) is 0 Å². The molecule has 2 aliphatic carbocycles. The van der Waals surface area contributed by atoms with Crippen molar-refractivity contribution in [2.24, 2.45) is 17.3 Å². The summed E-state index contributed by atoms with van der Waals surface area (Å²) in [4.78, 5) is 55.0. The first kappa shape index (κ1) is 28.2. The fourth-order valence-electron chi connectivity index (χ4n) is 5.45. The topological polar surface area (TPSA) is 104 Å². The van der Waals surface area contributed by atoms with Crippen LogP contribution in [-0.2, 0) is 14.3 Å². The third-order valence-electron chi connectivity index (χ3n) is 7.61. The lowest BCUT2D eigenvalue weighted by molar-refractivity contribution is -0.125. The summed E-state index contributed by atoms with van der Waals surface area (Å²) in [5.41, 5.74) is 0.102. The first-order valence-electron chi connectivity index (χ1n) is 13.6. The average molecular weight is 543 g/mol. The van der Waals surface area contributed by atoms with Crippen LogP contribution in [0.4, 0.5) is 10.5 Å². The van der Waals surface area contributed by atoms with Gasteiger partial charge in [0.05, 0.1) is 16.6 Å². The van der Waals surface area contributed by atoms with E-state index in [2.05, 4.69) is 18.8 Å². The fraction of sp³-hybridized carbons (Fsp3) is 0.655. The molecule has 38 heavy (non-hydrogen) atoms. The Morgan fingerprint density at radius 3 is 2.45 bits per heavy atom. The Labute approximate surface area is 228 Å². The Morgan fingerprint density at radius 2 is 1.84 bits per heavy atom. The predicted molar refractivity (Wildman–Crippen MR) is 145 cm³/mol. The van der Waals surface area contributed by atoms with Crippen molar-refractivity contribution in [1.29, 1.82) is 0 Å². The van der Waals surface area contributed by atoms with Gasteiger partial charge in [0.1, 0.15) is 4.88 Å². The number of carbonyl (C=O) groups excluding carboxylic acids is 3. The minimum atomic E-state index is -1.10. The standard InChI is InChI=1S/C29H38N2O6S/c1-18-8-10-19(11-9-18)26(33)31(22-16-21(12-14-29(2,3)4)38-25(22)27(34)35)20-13-15-30(17-20)28(36)37-24-7-5-6-23(24)32/h16,18-20,24H,5-11,13,15,17H2,1-4H3,(H,34,35)/t18-,19-,20-,24-/m0/s1. The molecule has 3 fully saturated rings. The number of carboxylic acids is 1. The lowest BCUT2D eigenvalue weighted by Gasteiger charge is -2.34. The minimum absolute atomic E-state index is 0.0503. The number of anilines is 1. The van der Waals surface area contributed by atoms with E-state index in [4.69, 9.17) is 4.74 Å². The van der Waals surface area contributed by atoms with Gasteiger partial charge in [0.25, 0.3) is 0 Å². The zero-order valence-electron chi connectivity index (χ0n) is 22.7. The molecule has 3 aliphatic rings. The number of nitrogens with zero attached hydrogens (tertiary/aromatic N) is 2. The molecule has 1 saturated heterocycles. The molecule has 2 amide bonds. The predicted octanol–water partition coefficient (Wildman–Crippen LogP) is 5.34. The van der Waals surface area contributed by atoms with Gasteiger partial charge in [-0.25, -0.2) is 9.59 Å². The molecule has 2 saturated carbocycles. The smallest absolute Gasteiger partial charge is 0.410 e. The molecule has 206 valence electrons. The van der Waals surface area contributed by atoms with Crippen molar-refractivity contribution in [3.8, 4) is 11.8 Å². The van der Waals surface area contributed by atoms with Gasteiger partial charge < -0.3 is 19.6 Å². The molecule has 2 heterocycles. The SMILES string of the molecule is CC(C)(C)C#Cc1cc(N(C(=O)[C@H]2CC[C@H](C)CC2)[C@H]2CCN(C(=O)O[C@H]3CCCC3=O)C2)c(C(=O)O)s1. The Hall–Kier alpha value is -2.86. The number of carbonyl (C=O) groups is 4. The largest absolute Gasteiger partial charge is 0.477 e. The number of Topliss-reactive ketones (excluding diaryl/α,β-unsaturated/α-hetero) is 1. The first-order chi connectivity index (χ1) is 17.9. The number of ketones is 1. The van der Waals surface area contributed by atoms with Crippen LogP contribution in [0, 0.1) is 29.1 Å². The second-order valence-electron chi connectivity index (χ2n) is 11.9. The highest BCUT2D eigenvalue weighted by molar-refractivity contribution is 7.15. The summed E-state index contributed by atoms with van der Waals surface area (Å²) in [6.45, 7) is 8.74. The number of likely N-dealkylation sites (tertiary alicyclic amines) is 1. The van der Waals surface area contributed by atoms with E-state index < -0.39 is 18.2 Å². The molecule has 1 N–H and O–H groups in total. The zero-order chi connectivity index (χ0) is 27.6. The normalized spacial score (nSPS) is 25.6. The van der Waals surface area contributed by atoms with E-state index in [-0.39, 0.29) is 40.5 Å². The maximum Gasteiger partial charge on any atom is 0.410 e. The van der Waals surface area contributed by atoms with Gasteiger partial charge in [-0.2, -0.15) is 0 Å². The van der Waals surface area contributed by atoms with Gasteiger partial charge in [0, 0.05) is 30.8 Å². The molecule has 8 nitrogen and oxygen atoms in total. The second-order valence-corrected chi connectivity index (χ2v) is 13.0. The highest BCUT2D eigenvalue weighted by Gasteiger charge is 2.41. The number of aromatic carboxylic acids is 1. The maximum atomic E-state index is 14.0. The van der Waals surface area contributed by atoms with Gasteiger partial charge >= 0.3 is 12.1 Å². The third-order valence-corrected chi connectivity index (χ3v) is 8.64. The highest BCUT2D eigenvalue weighted by Crippen LogP contribution is 2.38. The number of ether oxygens (including phenoxy) is 1. The van der Waals surface area contributed by atoms with Crippen molar-refractivity contribution < 1.29 is 29.0 Å². The van der Waals surface area contributed by atoms with Crippen LogP contribution < -0.4 is 4.90 Å². The molecule has 4 rings (SSSR count). The Balaban J connectivity index is 1.62. The maximum absolute atomic E-state index is 14.0. The van der Waals surface area contributed by atoms with Crippen LogP contribution in [0.15, 0.2) is 6.07 Å². The summed E-state index contributed by atoms with van der Waals surface area (Å²) in [5, 5.41) is 10.1. The minimum Gasteiger partial charge on any atom is -0.477 e. The highest BCUT2D eigenvalue weighted by atomic mass is 32.1. The lowest BCUT2D eigenvalue weighted by Crippen LogP contribution is -2.47. The van der Waals surface area contributed by atoms with E-state index in [9.17, 15) is 24.3 Å². The number of hydrogen-bond acceptors (Lipinski definition) is 6. The van der Waals surface area contributed by atoms with E-state index in [0.717, 1.165) is 43.4 Å². The fourth-order valence-corrected chi connectivity index (χ4v) is 6.29. The molecule has 1 aliphatic heterocycles. The van der Waals surface area contributed by atoms with E-state index in [1.165, 1.54) is 4.90 Å². The summed E-state index contributed by atoms with van der Waals surface area (Å²) >= 11 is 1.08. The summed E-state index contributed by atoms with van der Waals surface area (Å²) in [7, 11) is 0. The Kier molecular flexibility index (Phi) is 8.51. The average Bonchev–Trinajstić information content (AvgIpc) is 3.59. The molecule has 1 aromatic rings.